The summed E-state index contributed by atoms with van der Waals surface area (Å²) in [4.78, 5) is 28.7. The minimum atomic E-state index is -0.351. The number of hydrogen-bond donors (Lipinski definition) is 2. The third kappa shape index (κ3) is 3.55. The van der Waals surface area contributed by atoms with Crippen molar-refractivity contribution in [1.82, 2.24) is 24.3 Å². The second kappa shape index (κ2) is 8.03. The van der Waals surface area contributed by atoms with Crippen molar-refractivity contribution in [3.8, 4) is 11.1 Å². The number of halogens is 1. The highest BCUT2D eigenvalue weighted by molar-refractivity contribution is 7.15. The molecule has 0 radical (unpaired) electrons. The fourth-order valence-electron chi connectivity index (χ4n) is 3.18. The normalized spacial score (nSPS) is 10.9. The number of aromatic amines is 1. The molecular weight excluding hydrogens is 403 g/mol. The van der Waals surface area contributed by atoms with E-state index < -0.39 is 0 Å². The van der Waals surface area contributed by atoms with Gasteiger partial charge in [0.15, 0.2) is 10.6 Å². The number of rotatable bonds is 2. The maximum absolute atomic E-state index is 13.4. The summed E-state index contributed by atoms with van der Waals surface area (Å²) in [5.41, 5.74) is 10.3. The highest BCUT2D eigenvalue weighted by Gasteiger charge is 2.16. The van der Waals surface area contributed by atoms with Gasteiger partial charge in [-0.05, 0) is 37.1 Å². The largest absolute Gasteiger partial charge is 0.397 e. The van der Waals surface area contributed by atoms with Gasteiger partial charge in [0.05, 0.1) is 23.3 Å². The lowest BCUT2D eigenvalue weighted by atomic mass is 10.0. The maximum atomic E-state index is 13.4. The van der Waals surface area contributed by atoms with Crippen LogP contribution >= 0.6 is 11.3 Å². The Labute approximate surface area is 175 Å². The number of hydrogen-bond acceptors (Lipinski definition) is 6. The van der Waals surface area contributed by atoms with Crippen LogP contribution in [0.3, 0.4) is 0 Å². The first-order chi connectivity index (χ1) is 14.5. The molecule has 0 saturated heterocycles. The van der Waals surface area contributed by atoms with Crippen LogP contribution in [0.4, 0.5) is 10.1 Å². The summed E-state index contributed by atoms with van der Waals surface area (Å²) >= 11 is 1.44. The number of anilines is 1. The molecule has 0 saturated carbocycles. The van der Waals surface area contributed by atoms with Gasteiger partial charge in [0, 0.05) is 17.3 Å². The van der Waals surface area contributed by atoms with Gasteiger partial charge in [-0.2, -0.15) is 0 Å². The van der Waals surface area contributed by atoms with Crippen LogP contribution in [0.5, 0.6) is 0 Å². The number of nitrogens with one attached hydrogen (secondary N) is 1. The second-order valence-electron chi connectivity index (χ2n) is 6.60. The quantitative estimate of drug-likeness (QED) is 0.448. The van der Waals surface area contributed by atoms with Gasteiger partial charge in [-0.25, -0.2) is 19.3 Å². The summed E-state index contributed by atoms with van der Waals surface area (Å²) in [5, 5.41) is 1.90. The number of imidazole rings is 1. The molecule has 1 aromatic carbocycles. The average molecular weight is 422 g/mol. The highest BCUT2D eigenvalue weighted by atomic mass is 32.1. The summed E-state index contributed by atoms with van der Waals surface area (Å²) < 4.78 is 15.0. The minimum Gasteiger partial charge on any atom is -0.397 e. The van der Waals surface area contributed by atoms with Gasteiger partial charge in [0.1, 0.15) is 11.3 Å². The van der Waals surface area contributed by atoms with Crippen molar-refractivity contribution < 1.29 is 4.39 Å². The Morgan fingerprint density at radius 2 is 2.10 bits per heavy atom. The Kier molecular flexibility index (Phi) is 5.28. The number of H-pyrrole nitrogens is 1. The number of fused-ring (bicyclic) bond motifs is 2. The molecule has 3 N–H and O–H groups in total. The van der Waals surface area contributed by atoms with Crippen molar-refractivity contribution in [2.45, 2.75) is 20.3 Å². The van der Waals surface area contributed by atoms with Crippen LogP contribution in [-0.4, -0.2) is 24.3 Å². The SMILES string of the molecule is CCc1nc2scc(C)n2c(=O)c1-c1cccc(F)c1.Nc1ccnc2nc[nH]c12. The van der Waals surface area contributed by atoms with E-state index in [4.69, 9.17) is 5.73 Å². The molecule has 30 heavy (non-hydrogen) atoms. The Morgan fingerprint density at radius 1 is 1.27 bits per heavy atom. The smallest absolute Gasteiger partial charge is 0.266 e. The van der Waals surface area contributed by atoms with Crippen molar-refractivity contribution in [3.05, 3.63) is 75.8 Å². The summed E-state index contributed by atoms with van der Waals surface area (Å²) in [5.74, 6) is -0.351. The molecule has 0 spiro atoms. The zero-order valence-electron chi connectivity index (χ0n) is 16.4. The Balaban J connectivity index is 0.000000181. The fourth-order valence-corrected chi connectivity index (χ4v) is 4.06. The van der Waals surface area contributed by atoms with Crippen molar-refractivity contribution in [2.24, 2.45) is 0 Å². The zero-order valence-corrected chi connectivity index (χ0v) is 17.2. The van der Waals surface area contributed by atoms with Gasteiger partial charge >= 0.3 is 0 Å². The predicted octanol–water partition coefficient (Wildman–Crippen LogP) is 3.97. The molecule has 4 aromatic heterocycles. The number of nitrogens with two attached hydrogens (primary N) is 1. The lowest BCUT2D eigenvalue weighted by Gasteiger charge is -2.08. The van der Waals surface area contributed by atoms with Crippen LogP contribution in [0.15, 0.2) is 53.0 Å². The number of nitrogens with zero attached hydrogens (tertiary/aromatic N) is 4. The monoisotopic (exact) mass is 422 g/mol. The van der Waals surface area contributed by atoms with Gasteiger partial charge in [-0.1, -0.05) is 19.1 Å². The number of thiazole rings is 1. The molecule has 0 atom stereocenters. The number of benzene rings is 1. The topological polar surface area (TPSA) is 102 Å². The van der Waals surface area contributed by atoms with Crippen molar-refractivity contribution in [1.29, 1.82) is 0 Å². The number of aromatic nitrogens is 5. The summed E-state index contributed by atoms with van der Waals surface area (Å²) in [6.45, 7) is 3.81. The molecule has 7 nitrogen and oxygen atoms in total. The average Bonchev–Trinajstić information content (AvgIpc) is 3.36. The summed E-state index contributed by atoms with van der Waals surface area (Å²) in [6.07, 6.45) is 3.85. The van der Waals surface area contributed by atoms with Gasteiger partial charge in [0.25, 0.3) is 5.56 Å². The van der Waals surface area contributed by atoms with E-state index in [1.54, 1.807) is 35.1 Å². The van der Waals surface area contributed by atoms with E-state index in [1.165, 1.54) is 23.5 Å². The molecule has 0 unspecified atom stereocenters. The number of nitrogen functional groups attached to an aromatic ring is 1. The molecule has 0 aliphatic carbocycles. The van der Waals surface area contributed by atoms with Crippen LogP contribution in [0, 0.1) is 12.7 Å². The van der Waals surface area contributed by atoms with Crippen molar-refractivity contribution in [2.75, 3.05) is 5.73 Å². The molecule has 0 amide bonds. The lowest BCUT2D eigenvalue weighted by Crippen LogP contribution is -2.19. The first-order valence-corrected chi connectivity index (χ1v) is 10.2. The molecule has 152 valence electrons. The zero-order chi connectivity index (χ0) is 21.3. The number of aryl methyl sites for hydroxylation is 2. The van der Waals surface area contributed by atoms with Crippen LogP contribution in [-0.2, 0) is 6.42 Å². The van der Waals surface area contributed by atoms with E-state index in [1.807, 2.05) is 19.2 Å². The van der Waals surface area contributed by atoms with E-state index in [0.29, 0.717) is 39.5 Å². The van der Waals surface area contributed by atoms with Gasteiger partial charge in [-0.15, -0.1) is 11.3 Å². The fraction of sp³-hybridized carbons (Fsp3) is 0.143. The molecular formula is C21H19FN6OS. The third-order valence-electron chi connectivity index (χ3n) is 4.62. The van der Waals surface area contributed by atoms with Gasteiger partial charge < -0.3 is 10.7 Å². The molecule has 4 heterocycles. The van der Waals surface area contributed by atoms with E-state index in [9.17, 15) is 9.18 Å². The van der Waals surface area contributed by atoms with Crippen LogP contribution in [0.25, 0.3) is 27.3 Å². The maximum Gasteiger partial charge on any atom is 0.266 e. The highest BCUT2D eigenvalue weighted by Crippen LogP contribution is 2.23. The first kappa shape index (κ1) is 19.7. The van der Waals surface area contributed by atoms with E-state index in [0.717, 1.165) is 11.2 Å². The van der Waals surface area contributed by atoms with Crippen LogP contribution in [0.1, 0.15) is 18.3 Å². The van der Waals surface area contributed by atoms with E-state index >= 15 is 0 Å². The number of pyridine rings is 1. The Morgan fingerprint density at radius 3 is 2.83 bits per heavy atom. The molecule has 0 aliphatic rings. The van der Waals surface area contributed by atoms with E-state index in [2.05, 4.69) is 19.9 Å². The molecule has 0 fully saturated rings. The second-order valence-corrected chi connectivity index (χ2v) is 7.44. The summed E-state index contributed by atoms with van der Waals surface area (Å²) in [6, 6.07) is 7.84. The van der Waals surface area contributed by atoms with Gasteiger partial charge in [-0.3, -0.25) is 9.20 Å². The molecule has 9 heteroatoms. The van der Waals surface area contributed by atoms with E-state index in [-0.39, 0.29) is 11.4 Å². The Hall–Kier alpha value is -3.59. The third-order valence-corrected chi connectivity index (χ3v) is 5.57. The van der Waals surface area contributed by atoms with Crippen LogP contribution in [0.2, 0.25) is 0 Å². The molecule has 5 rings (SSSR count). The first-order valence-electron chi connectivity index (χ1n) is 9.28. The lowest BCUT2D eigenvalue weighted by molar-refractivity contribution is 0.628. The minimum absolute atomic E-state index is 0.129. The van der Waals surface area contributed by atoms with Crippen molar-refractivity contribution >= 4 is 33.1 Å². The van der Waals surface area contributed by atoms with Crippen molar-refractivity contribution in [3.63, 3.8) is 0 Å². The van der Waals surface area contributed by atoms with Gasteiger partial charge in [0.2, 0.25) is 0 Å². The summed E-state index contributed by atoms with van der Waals surface area (Å²) in [7, 11) is 0. The predicted molar refractivity (Wildman–Crippen MR) is 117 cm³/mol. The molecule has 0 bridgehead atoms. The standard InChI is InChI=1S/C15H13FN2OS.C6H6N4/c1-3-12-13(10-5-4-6-11(16)7-10)14(19)18-9(2)8-20-15(18)17-12;7-4-1-2-8-6-5(4)9-3-10-6/h4-8H,3H2,1-2H3;1-3H,(H3,7,8,9,10). The molecule has 0 aliphatic heterocycles. The van der Waals surface area contributed by atoms with Crippen LogP contribution < -0.4 is 11.3 Å². The molecule has 5 aromatic rings. The Bertz CT molecular complexity index is 1400.